The van der Waals surface area contributed by atoms with Crippen LogP contribution in [0.15, 0.2) is 42.5 Å². The monoisotopic (exact) mass is 392 g/mol. The van der Waals surface area contributed by atoms with E-state index >= 15 is 0 Å². The average Bonchev–Trinajstić information content (AvgIpc) is 3.16. The van der Waals surface area contributed by atoms with E-state index in [0.717, 1.165) is 29.2 Å². The lowest BCUT2D eigenvalue weighted by Gasteiger charge is -2.40. The van der Waals surface area contributed by atoms with Gasteiger partial charge < -0.3 is 19.7 Å². The van der Waals surface area contributed by atoms with E-state index in [1.165, 1.54) is 11.1 Å². The number of hydrogen-bond acceptors (Lipinski definition) is 4. The zero-order valence-corrected chi connectivity index (χ0v) is 17.7. The van der Waals surface area contributed by atoms with Crippen molar-refractivity contribution in [2.45, 2.75) is 38.3 Å². The number of hydrogen-bond donors (Lipinski definition) is 1. The average molecular weight is 392 g/mol. The number of nitrogens with one attached hydrogen (secondary N) is 1. The number of carbonyl (C=O) groups is 1. The maximum atomic E-state index is 12.5. The Morgan fingerprint density at radius 3 is 2.62 bits per heavy atom. The lowest BCUT2D eigenvalue weighted by Crippen LogP contribution is -2.58. The number of methoxy groups -OCH3 is 2. The van der Waals surface area contributed by atoms with Gasteiger partial charge in [-0.3, -0.25) is 4.79 Å². The summed E-state index contributed by atoms with van der Waals surface area (Å²) >= 11 is 0. The van der Waals surface area contributed by atoms with Crippen LogP contribution >= 0.6 is 0 Å². The van der Waals surface area contributed by atoms with E-state index < -0.39 is 5.66 Å². The number of amides is 1. The quantitative estimate of drug-likeness (QED) is 0.838. The summed E-state index contributed by atoms with van der Waals surface area (Å²) in [7, 11) is 3.30. The smallest absolute Gasteiger partial charge is 0.241 e. The second kappa shape index (κ2) is 6.83. The Balaban J connectivity index is 1.83. The molecule has 1 saturated heterocycles. The summed E-state index contributed by atoms with van der Waals surface area (Å²) in [5.41, 5.74) is 3.66. The number of benzene rings is 2. The van der Waals surface area contributed by atoms with Crippen molar-refractivity contribution in [3.63, 3.8) is 0 Å². The molecule has 5 nitrogen and oxygen atoms in total. The molecular weight excluding hydrogens is 364 g/mol. The zero-order chi connectivity index (χ0) is 20.8. The molecule has 0 aliphatic carbocycles. The van der Waals surface area contributed by atoms with Crippen LogP contribution in [0.1, 0.15) is 37.5 Å². The Morgan fingerprint density at radius 1 is 1.14 bits per heavy atom. The van der Waals surface area contributed by atoms with Crippen LogP contribution in [0.25, 0.3) is 6.08 Å². The third-order valence-corrected chi connectivity index (χ3v) is 6.38. The largest absolute Gasteiger partial charge is 0.497 e. The lowest BCUT2D eigenvalue weighted by atomic mass is 9.75. The van der Waals surface area contributed by atoms with Crippen LogP contribution in [0.3, 0.4) is 0 Å². The molecule has 0 saturated carbocycles. The minimum Gasteiger partial charge on any atom is -0.497 e. The van der Waals surface area contributed by atoms with Gasteiger partial charge in [-0.2, -0.15) is 0 Å². The number of fused-ring (bicyclic) bond motifs is 3. The molecule has 0 aromatic heterocycles. The highest BCUT2D eigenvalue weighted by Gasteiger charge is 2.59. The summed E-state index contributed by atoms with van der Waals surface area (Å²) in [6.07, 6.45) is 5.11. The van der Waals surface area contributed by atoms with Crippen molar-refractivity contribution >= 4 is 17.7 Å². The van der Waals surface area contributed by atoms with Crippen molar-refractivity contribution in [3.8, 4) is 11.5 Å². The summed E-state index contributed by atoms with van der Waals surface area (Å²) in [5.74, 6) is 1.55. The van der Waals surface area contributed by atoms with Crippen LogP contribution in [0.2, 0.25) is 0 Å². The molecule has 0 spiro atoms. The van der Waals surface area contributed by atoms with Crippen LogP contribution in [0.5, 0.6) is 11.5 Å². The van der Waals surface area contributed by atoms with E-state index in [-0.39, 0.29) is 11.3 Å². The van der Waals surface area contributed by atoms with Gasteiger partial charge in [-0.15, -0.1) is 0 Å². The van der Waals surface area contributed by atoms with E-state index in [2.05, 4.69) is 55.3 Å². The van der Waals surface area contributed by atoms with Gasteiger partial charge in [0.15, 0.2) is 0 Å². The maximum Gasteiger partial charge on any atom is 0.241 e. The van der Waals surface area contributed by atoms with Crippen molar-refractivity contribution in [2.24, 2.45) is 0 Å². The van der Waals surface area contributed by atoms with Crippen LogP contribution in [-0.2, 0) is 16.6 Å². The normalized spacial score (nSPS) is 21.8. The number of nitrogens with zero attached hydrogens (tertiary/aromatic N) is 1. The molecule has 2 aliphatic rings. The molecule has 0 bridgehead atoms. The van der Waals surface area contributed by atoms with Gasteiger partial charge in [0.2, 0.25) is 5.91 Å². The molecule has 1 N–H and O–H groups in total. The minimum atomic E-state index is -0.632. The second-order valence-electron chi connectivity index (χ2n) is 8.17. The number of anilines is 1. The first-order valence-electron chi connectivity index (χ1n) is 9.99. The summed E-state index contributed by atoms with van der Waals surface area (Å²) in [5, 5.41) is 3.27. The van der Waals surface area contributed by atoms with E-state index in [4.69, 9.17) is 9.47 Å². The van der Waals surface area contributed by atoms with E-state index in [1.807, 2.05) is 24.3 Å². The zero-order valence-electron chi connectivity index (χ0n) is 17.7. The molecule has 1 amide bonds. The third-order valence-electron chi connectivity index (χ3n) is 6.38. The summed E-state index contributed by atoms with van der Waals surface area (Å²) in [6.45, 7) is 6.91. The van der Waals surface area contributed by atoms with Gasteiger partial charge in [0, 0.05) is 16.7 Å². The third kappa shape index (κ3) is 2.79. The van der Waals surface area contributed by atoms with Gasteiger partial charge in [-0.25, -0.2) is 0 Å². The molecule has 2 aliphatic heterocycles. The van der Waals surface area contributed by atoms with E-state index in [9.17, 15) is 4.79 Å². The first-order valence-corrected chi connectivity index (χ1v) is 9.99. The highest BCUT2D eigenvalue weighted by Crippen LogP contribution is 2.53. The molecule has 2 heterocycles. The highest BCUT2D eigenvalue weighted by atomic mass is 16.5. The highest BCUT2D eigenvalue weighted by molar-refractivity contribution is 5.91. The Hall–Kier alpha value is -2.95. The first kappa shape index (κ1) is 19.4. The standard InChI is InChI=1S/C24H28N2O3/c1-6-16-7-9-20-19(13-16)23(2,3)24(25-22(27)15-26(20)24)12-11-17-14-18(28-4)8-10-21(17)29-5/h7-14H,6,15H2,1-5H3,(H,25,27)/b12-11+/t24-/m1/s1. The molecule has 0 unspecified atom stereocenters. The minimum absolute atomic E-state index is 0.0329. The topological polar surface area (TPSA) is 50.8 Å². The molecule has 29 heavy (non-hydrogen) atoms. The van der Waals surface area contributed by atoms with Crippen LogP contribution in [-0.4, -0.2) is 32.3 Å². The molecule has 2 aromatic rings. The Morgan fingerprint density at radius 2 is 1.93 bits per heavy atom. The molecule has 2 aromatic carbocycles. The molecule has 0 radical (unpaired) electrons. The maximum absolute atomic E-state index is 12.5. The van der Waals surface area contributed by atoms with E-state index in [0.29, 0.717) is 6.54 Å². The van der Waals surface area contributed by atoms with Crippen molar-refractivity contribution in [3.05, 3.63) is 59.2 Å². The van der Waals surface area contributed by atoms with Gasteiger partial charge in [-0.1, -0.05) is 39.0 Å². The lowest BCUT2D eigenvalue weighted by molar-refractivity contribution is -0.118. The van der Waals surface area contributed by atoms with Gasteiger partial charge >= 0.3 is 0 Å². The number of carbonyl (C=O) groups excluding carboxylic acids is 1. The Labute approximate surface area is 172 Å². The SMILES string of the molecule is CCc1ccc2c(c1)C(C)(C)[C@]1(/C=C/c3cc(OC)ccc3OC)NC(=O)CN21. The molecule has 1 fully saturated rings. The Bertz CT molecular complexity index is 996. The van der Waals surface area contributed by atoms with Crippen LogP contribution in [0, 0.1) is 0 Å². The predicted octanol–water partition coefficient (Wildman–Crippen LogP) is 3.90. The fourth-order valence-corrected chi connectivity index (χ4v) is 4.62. The number of aryl methyl sites for hydroxylation is 1. The van der Waals surface area contributed by atoms with Crippen LogP contribution in [0.4, 0.5) is 5.69 Å². The summed E-state index contributed by atoms with van der Waals surface area (Å²) in [4.78, 5) is 14.7. The van der Waals surface area contributed by atoms with Crippen molar-refractivity contribution in [1.82, 2.24) is 5.32 Å². The van der Waals surface area contributed by atoms with Gasteiger partial charge in [0.05, 0.1) is 20.8 Å². The van der Waals surface area contributed by atoms with Gasteiger partial charge in [0.25, 0.3) is 0 Å². The van der Waals surface area contributed by atoms with Gasteiger partial charge in [-0.05, 0) is 47.9 Å². The van der Waals surface area contributed by atoms with Gasteiger partial charge in [0.1, 0.15) is 17.2 Å². The molecule has 1 atom stereocenters. The second-order valence-corrected chi connectivity index (χ2v) is 8.17. The molecular formula is C24H28N2O3. The van der Waals surface area contributed by atoms with Crippen molar-refractivity contribution in [2.75, 3.05) is 25.7 Å². The fraction of sp³-hybridized carbons (Fsp3) is 0.375. The number of ether oxygens (including phenoxy) is 2. The van der Waals surface area contributed by atoms with Crippen molar-refractivity contribution in [1.29, 1.82) is 0 Å². The molecule has 5 heteroatoms. The van der Waals surface area contributed by atoms with Crippen LogP contribution < -0.4 is 19.7 Å². The predicted molar refractivity (Wildman–Crippen MR) is 116 cm³/mol. The fourth-order valence-electron chi connectivity index (χ4n) is 4.62. The molecule has 152 valence electrons. The molecule has 4 rings (SSSR count). The summed E-state index contributed by atoms with van der Waals surface area (Å²) in [6, 6.07) is 12.3. The Kier molecular flexibility index (Phi) is 4.56. The summed E-state index contributed by atoms with van der Waals surface area (Å²) < 4.78 is 10.9. The first-order chi connectivity index (χ1) is 13.9. The van der Waals surface area contributed by atoms with E-state index in [1.54, 1.807) is 14.2 Å². The number of rotatable bonds is 5. The van der Waals surface area contributed by atoms with Crippen molar-refractivity contribution < 1.29 is 14.3 Å².